The average Bonchev–Trinajstić information content (AvgIpc) is 2.31. The van der Waals surface area contributed by atoms with Gasteiger partial charge in [-0.2, -0.15) is 0 Å². The molecule has 0 aliphatic carbocycles. The maximum atomic E-state index is 6.30. The number of hydrogen-bond donors (Lipinski definition) is 0. The Bertz CT molecular complexity index is 310. The van der Waals surface area contributed by atoms with Gasteiger partial charge in [-0.05, 0) is 51.9 Å². The first kappa shape index (κ1) is 25.4. The monoisotopic (exact) mass is 446 g/mol. The first-order chi connectivity index (χ1) is 10.8. The molecular formula is C16H40Cl2O2Si4. The predicted octanol–water partition coefficient (Wildman–Crippen LogP) is 6.45. The highest BCUT2D eigenvalue weighted by Gasteiger charge is 2.26. The molecule has 0 fully saturated rings. The third-order valence-electron chi connectivity index (χ3n) is 3.53. The summed E-state index contributed by atoms with van der Waals surface area (Å²) in [6, 6.07) is 2.38. The van der Waals surface area contributed by atoms with Crippen LogP contribution in [-0.4, -0.2) is 38.8 Å². The van der Waals surface area contributed by atoms with Crippen molar-refractivity contribution >= 4 is 55.0 Å². The highest BCUT2D eigenvalue weighted by Crippen LogP contribution is 2.23. The topological polar surface area (TPSA) is 18.5 Å². The lowest BCUT2D eigenvalue weighted by Gasteiger charge is -2.31. The van der Waals surface area contributed by atoms with Gasteiger partial charge in [0, 0.05) is 0 Å². The van der Waals surface area contributed by atoms with Gasteiger partial charge < -0.3 is 8.85 Å². The molecule has 0 saturated heterocycles. The second-order valence-electron chi connectivity index (χ2n) is 8.97. The fourth-order valence-electron chi connectivity index (χ4n) is 2.56. The van der Waals surface area contributed by atoms with Crippen molar-refractivity contribution in [2.45, 2.75) is 102 Å². The maximum absolute atomic E-state index is 6.30. The summed E-state index contributed by atoms with van der Waals surface area (Å²) in [5.41, 5.74) is 0. The zero-order chi connectivity index (χ0) is 18.9. The molecular weight excluding hydrogens is 407 g/mol. The van der Waals surface area contributed by atoms with E-state index in [0.717, 1.165) is 6.04 Å². The molecule has 0 N–H and O–H groups in total. The van der Waals surface area contributed by atoms with Crippen LogP contribution in [0.3, 0.4) is 0 Å². The van der Waals surface area contributed by atoms with Crippen molar-refractivity contribution in [1.82, 2.24) is 0 Å². The average molecular weight is 448 g/mol. The first-order valence-corrected chi connectivity index (χ1v) is 22.9. The van der Waals surface area contributed by atoms with Crippen molar-refractivity contribution in [1.29, 1.82) is 0 Å². The van der Waals surface area contributed by atoms with E-state index in [1.807, 2.05) is 6.55 Å². The molecule has 0 bridgehead atoms. The Morgan fingerprint density at radius 1 is 0.708 bits per heavy atom. The molecule has 0 aliphatic rings. The van der Waals surface area contributed by atoms with Crippen molar-refractivity contribution < 1.29 is 8.85 Å². The van der Waals surface area contributed by atoms with Crippen molar-refractivity contribution in [2.75, 3.05) is 0 Å². The van der Waals surface area contributed by atoms with Gasteiger partial charge in [0.1, 0.15) is 5.91 Å². The summed E-state index contributed by atoms with van der Waals surface area (Å²) in [7, 11) is -3.33. The summed E-state index contributed by atoms with van der Waals surface area (Å²) in [5, 5.41) is 0. The Labute approximate surface area is 165 Å². The summed E-state index contributed by atoms with van der Waals surface area (Å²) in [5.74, 6) is 0.151. The van der Waals surface area contributed by atoms with Crippen LogP contribution in [0, 0.1) is 0 Å². The molecule has 0 unspecified atom stereocenters. The molecule has 0 saturated carbocycles. The van der Waals surface area contributed by atoms with E-state index in [4.69, 9.17) is 31.0 Å². The minimum atomic E-state index is -1.86. The summed E-state index contributed by atoms with van der Waals surface area (Å²) >= 11 is 12.3. The van der Waals surface area contributed by atoms with Crippen LogP contribution in [0.2, 0.25) is 57.9 Å². The van der Waals surface area contributed by atoms with Crippen molar-refractivity contribution in [2.24, 2.45) is 0 Å². The van der Waals surface area contributed by atoms with Gasteiger partial charge in [-0.3, -0.25) is 0 Å². The van der Waals surface area contributed by atoms with E-state index in [9.17, 15) is 0 Å². The van der Waals surface area contributed by atoms with Crippen LogP contribution in [0.25, 0.3) is 0 Å². The fraction of sp³-hybridized carbons (Fsp3) is 1.00. The number of rotatable bonds is 14. The van der Waals surface area contributed by atoms with E-state index in [0.29, 0.717) is 0 Å². The van der Waals surface area contributed by atoms with Gasteiger partial charge >= 0.3 is 0 Å². The summed E-state index contributed by atoms with van der Waals surface area (Å²) in [4.78, 5) is 0. The van der Waals surface area contributed by atoms with Crippen LogP contribution in [0.15, 0.2) is 0 Å². The lowest BCUT2D eigenvalue weighted by Crippen LogP contribution is -2.42. The van der Waals surface area contributed by atoms with Gasteiger partial charge in [-0.25, -0.2) is 0 Å². The minimum absolute atomic E-state index is 0.151. The lowest BCUT2D eigenvalue weighted by atomic mass is 10.1. The van der Waals surface area contributed by atoms with Gasteiger partial charge in [0.25, 0.3) is 0 Å². The highest BCUT2D eigenvalue weighted by molar-refractivity contribution is 7.44. The van der Waals surface area contributed by atoms with E-state index in [1.165, 1.54) is 44.6 Å². The largest absolute Gasteiger partial charge is 0.398 e. The van der Waals surface area contributed by atoms with Gasteiger partial charge in [0.05, 0.1) is 9.52 Å². The van der Waals surface area contributed by atoms with Crippen LogP contribution in [0.1, 0.15) is 38.5 Å². The highest BCUT2D eigenvalue weighted by atomic mass is 35.7. The Balaban J connectivity index is 3.80. The van der Waals surface area contributed by atoms with Crippen LogP contribution >= 0.6 is 22.2 Å². The summed E-state index contributed by atoms with van der Waals surface area (Å²) in [6.07, 6.45) is 7.81. The number of halogens is 2. The van der Waals surface area contributed by atoms with Crippen LogP contribution in [0.5, 0.6) is 0 Å². The molecule has 0 spiro atoms. The normalized spacial score (nSPS) is 14.2. The Hall–Kier alpha value is 1.37. The molecule has 2 nitrogen and oxygen atoms in total. The maximum Gasteiger partial charge on any atom is 0.248 e. The zero-order valence-corrected chi connectivity index (χ0v) is 22.9. The summed E-state index contributed by atoms with van der Waals surface area (Å²) < 4.78 is 12.6. The van der Waals surface area contributed by atoms with E-state index >= 15 is 0 Å². The molecule has 0 aliphatic heterocycles. The van der Waals surface area contributed by atoms with E-state index in [2.05, 4.69) is 39.3 Å². The predicted molar refractivity (Wildman–Crippen MR) is 122 cm³/mol. The third kappa shape index (κ3) is 19.7. The molecule has 0 radical (unpaired) electrons. The molecule has 146 valence electrons. The quantitative estimate of drug-likeness (QED) is 0.132. The molecule has 8 heteroatoms. The third-order valence-corrected chi connectivity index (χ3v) is 10.2. The van der Waals surface area contributed by atoms with Crippen LogP contribution < -0.4 is 0 Å². The molecule has 0 aromatic carbocycles. The van der Waals surface area contributed by atoms with Crippen LogP contribution in [-0.2, 0) is 8.85 Å². The van der Waals surface area contributed by atoms with Crippen molar-refractivity contribution in [3.05, 3.63) is 0 Å². The lowest BCUT2D eigenvalue weighted by molar-refractivity contribution is 0.0604. The number of unbranched alkanes of at least 4 members (excludes halogenated alkanes) is 5. The van der Waals surface area contributed by atoms with E-state index in [-0.39, 0.29) is 15.4 Å². The molecule has 24 heavy (non-hydrogen) atoms. The molecule has 0 heterocycles. The van der Waals surface area contributed by atoms with Gasteiger partial charge in [0.2, 0.25) is 6.69 Å². The molecule has 0 rings (SSSR count). The van der Waals surface area contributed by atoms with E-state index < -0.39 is 23.3 Å². The first-order valence-electron chi connectivity index (χ1n) is 9.52. The van der Waals surface area contributed by atoms with Gasteiger partial charge in [0.15, 0.2) is 16.6 Å². The van der Waals surface area contributed by atoms with Gasteiger partial charge in [-0.1, -0.05) is 44.6 Å². The minimum Gasteiger partial charge on any atom is -0.398 e. The fourth-order valence-corrected chi connectivity index (χ4v) is 10.9. The summed E-state index contributed by atoms with van der Waals surface area (Å²) in [6.45, 7) is 13.7. The Morgan fingerprint density at radius 2 is 1.12 bits per heavy atom. The SMILES string of the molecule is C[Si](Cl)(Cl)CCCCCCCC[SiH2]C(O[Si](C)(C)C)O[Si](C)(C)C. The second kappa shape index (κ2) is 12.0. The van der Waals surface area contributed by atoms with E-state index in [1.54, 1.807) is 0 Å². The molecule has 0 atom stereocenters. The Morgan fingerprint density at radius 3 is 1.54 bits per heavy atom. The molecule has 0 aromatic heterocycles. The van der Waals surface area contributed by atoms with Crippen molar-refractivity contribution in [3.63, 3.8) is 0 Å². The molecule has 0 amide bonds. The van der Waals surface area contributed by atoms with Gasteiger partial charge in [-0.15, -0.1) is 22.2 Å². The molecule has 0 aromatic rings. The number of hydrogen-bond acceptors (Lipinski definition) is 2. The van der Waals surface area contributed by atoms with Crippen LogP contribution in [0.4, 0.5) is 0 Å². The second-order valence-corrected chi connectivity index (χ2v) is 28.1. The standard InChI is InChI=1S/C16H40Cl2O2Si4/c1-22(2,3)19-16(20-23(4,5)6)21-14-12-10-8-9-11-13-15-24(7,17)18/h16H,8-15,21H2,1-7H3. The van der Waals surface area contributed by atoms with Crippen molar-refractivity contribution in [3.8, 4) is 0 Å². The zero-order valence-electron chi connectivity index (χ0n) is 17.0. The Kier molecular flexibility index (Phi) is 12.6. The smallest absolute Gasteiger partial charge is 0.248 e.